The zero-order valence-corrected chi connectivity index (χ0v) is 21.0. The van der Waals surface area contributed by atoms with Gasteiger partial charge in [-0.15, -0.1) is 0 Å². The molecule has 3 heterocycles. The van der Waals surface area contributed by atoms with Gasteiger partial charge in [-0.1, -0.05) is 41.9 Å². The van der Waals surface area contributed by atoms with Gasteiger partial charge >= 0.3 is 0 Å². The number of halogens is 1. The molecule has 0 fully saturated rings. The van der Waals surface area contributed by atoms with Crippen LogP contribution >= 0.6 is 11.6 Å². The normalized spacial score (nSPS) is 15.3. The minimum absolute atomic E-state index is 0.0707. The van der Waals surface area contributed by atoms with Crippen molar-refractivity contribution in [3.8, 4) is 0 Å². The number of hydrogen-bond acceptors (Lipinski definition) is 5. The lowest BCUT2D eigenvalue weighted by molar-refractivity contribution is -0.122. The summed E-state index contributed by atoms with van der Waals surface area (Å²) in [6.07, 6.45) is 3.69. The maximum absolute atomic E-state index is 13.8. The summed E-state index contributed by atoms with van der Waals surface area (Å²) in [6, 6.07) is 20.6. The number of benzene rings is 2. The van der Waals surface area contributed by atoms with Gasteiger partial charge in [0.2, 0.25) is 5.78 Å². The molecule has 0 unspecified atom stereocenters. The summed E-state index contributed by atoms with van der Waals surface area (Å²) >= 11 is 6.18. The number of fused-ring (bicyclic) bond motifs is 1. The van der Waals surface area contributed by atoms with Gasteiger partial charge in [0, 0.05) is 53.6 Å². The van der Waals surface area contributed by atoms with Gasteiger partial charge in [0.25, 0.3) is 5.91 Å². The Kier molecular flexibility index (Phi) is 6.93. The van der Waals surface area contributed by atoms with Crippen molar-refractivity contribution in [2.45, 2.75) is 32.4 Å². The number of rotatable bonds is 6. The molecule has 37 heavy (non-hydrogen) atoms. The summed E-state index contributed by atoms with van der Waals surface area (Å²) < 4.78 is 0. The monoisotopic (exact) mass is 509 g/mol. The lowest BCUT2D eigenvalue weighted by Crippen LogP contribution is -2.45. The molecule has 0 N–H and O–H groups in total. The average molecular weight is 510 g/mol. The van der Waals surface area contributed by atoms with E-state index < -0.39 is 6.04 Å². The van der Waals surface area contributed by atoms with Gasteiger partial charge in [0.15, 0.2) is 5.78 Å². The van der Waals surface area contributed by atoms with E-state index in [0.717, 1.165) is 16.8 Å². The summed E-state index contributed by atoms with van der Waals surface area (Å²) in [5.74, 6) is -0.465. The highest BCUT2D eigenvalue weighted by Gasteiger charge is 2.35. The fourth-order valence-electron chi connectivity index (χ4n) is 4.73. The van der Waals surface area contributed by atoms with Crippen molar-refractivity contribution < 1.29 is 14.4 Å². The molecule has 0 spiro atoms. The van der Waals surface area contributed by atoms with Gasteiger partial charge in [-0.05, 0) is 66.1 Å². The molecule has 1 aliphatic heterocycles. The van der Waals surface area contributed by atoms with E-state index in [4.69, 9.17) is 11.6 Å². The van der Waals surface area contributed by atoms with Crippen molar-refractivity contribution in [1.82, 2.24) is 14.9 Å². The van der Waals surface area contributed by atoms with Crippen LogP contribution in [0.3, 0.4) is 0 Å². The second-order valence-electron chi connectivity index (χ2n) is 9.11. The number of Topliss-reactive ketones (excluding diaryl/α,β-unsaturated/α-hetero) is 1. The molecule has 5 rings (SSSR count). The Bertz CT molecular complexity index is 1490. The Morgan fingerprint density at radius 1 is 0.973 bits per heavy atom. The standard InChI is InChI=1S/C30H24ClN3O3/c1-19-14-20(8-10-24(19)29(36)26-7-3-5-13-33-26)18-34-27(17-23-6-2-4-12-32-23)28(35)16-21-15-22(31)9-11-25(21)30(34)37/h2-15,27H,16-18H2,1H3/t27-/m1/s1. The number of pyridine rings is 2. The Hall–Kier alpha value is -4.16. The zero-order chi connectivity index (χ0) is 25.9. The van der Waals surface area contributed by atoms with Crippen LogP contribution in [0.5, 0.6) is 0 Å². The van der Waals surface area contributed by atoms with Crippen molar-refractivity contribution in [3.05, 3.63) is 129 Å². The number of aryl methyl sites for hydroxylation is 1. The number of aromatic nitrogens is 2. The maximum atomic E-state index is 13.8. The molecule has 1 aliphatic rings. The molecule has 0 saturated carbocycles. The first-order valence-corrected chi connectivity index (χ1v) is 12.4. The van der Waals surface area contributed by atoms with E-state index >= 15 is 0 Å². The van der Waals surface area contributed by atoms with E-state index in [9.17, 15) is 14.4 Å². The largest absolute Gasteiger partial charge is 0.324 e. The predicted octanol–water partition coefficient (Wildman–Crippen LogP) is 5.05. The van der Waals surface area contributed by atoms with Crippen LogP contribution in [0.2, 0.25) is 5.02 Å². The molecule has 1 amide bonds. The number of carbonyl (C=O) groups is 3. The number of amides is 1. The van der Waals surface area contributed by atoms with Crippen molar-refractivity contribution in [2.75, 3.05) is 0 Å². The minimum Gasteiger partial charge on any atom is -0.324 e. The summed E-state index contributed by atoms with van der Waals surface area (Å²) in [6.45, 7) is 2.07. The second kappa shape index (κ2) is 10.4. The van der Waals surface area contributed by atoms with Gasteiger partial charge in [0.05, 0.1) is 6.04 Å². The molecular formula is C30H24ClN3O3. The van der Waals surface area contributed by atoms with Crippen LogP contribution in [0.15, 0.2) is 85.2 Å². The number of nitrogens with zero attached hydrogens (tertiary/aromatic N) is 3. The van der Waals surface area contributed by atoms with Crippen LogP contribution in [-0.2, 0) is 24.2 Å². The molecule has 2 aromatic carbocycles. The number of ketones is 2. The summed E-state index contributed by atoms with van der Waals surface area (Å²) in [4.78, 5) is 50.4. The average Bonchev–Trinajstić information content (AvgIpc) is 2.99. The van der Waals surface area contributed by atoms with Gasteiger partial charge in [-0.3, -0.25) is 24.4 Å². The third-order valence-corrected chi connectivity index (χ3v) is 6.82. The fraction of sp³-hybridized carbons (Fsp3) is 0.167. The highest BCUT2D eigenvalue weighted by atomic mass is 35.5. The van der Waals surface area contributed by atoms with E-state index in [1.54, 1.807) is 59.8 Å². The molecule has 0 saturated heterocycles. The second-order valence-corrected chi connectivity index (χ2v) is 9.55. The van der Waals surface area contributed by atoms with Crippen LogP contribution in [0, 0.1) is 6.92 Å². The Balaban J connectivity index is 1.49. The molecule has 7 heteroatoms. The van der Waals surface area contributed by atoms with Crippen molar-refractivity contribution in [3.63, 3.8) is 0 Å². The van der Waals surface area contributed by atoms with Crippen molar-refractivity contribution in [2.24, 2.45) is 0 Å². The van der Waals surface area contributed by atoms with E-state index in [2.05, 4.69) is 9.97 Å². The first-order chi connectivity index (χ1) is 17.9. The third kappa shape index (κ3) is 5.20. The zero-order valence-electron chi connectivity index (χ0n) is 20.2. The summed E-state index contributed by atoms with van der Waals surface area (Å²) in [5.41, 5.74) is 4.34. The topological polar surface area (TPSA) is 80.2 Å². The highest BCUT2D eigenvalue weighted by Crippen LogP contribution is 2.27. The van der Waals surface area contributed by atoms with Gasteiger partial charge in [-0.25, -0.2) is 0 Å². The van der Waals surface area contributed by atoms with Gasteiger partial charge < -0.3 is 4.90 Å². The van der Waals surface area contributed by atoms with Gasteiger partial charge in [-0.2, -0.15) is 0 Å². The van der Waals surface area contributed by atoms with Crippen LogP contribution in [0.25, 0.3) is 0 Å². The smallest absolute Gasteiger partial charge is 0.255 e. The van der Waals surface area contributed by atoms with Crippen LogP contribution in [-0.4, -0.2) is 38.4 Å². The molecule has 1 atom stereocenters. The van der Waals surface area contributed by atoms with E-state index in [0.29, 0.717) is 33.8 Å². The SMILES string of the molecule is Cc1cc(CN2C(=O)c3ccc(Cl)cc3CC(=O)[C@H]2Cc2ccccn2)ccc1C(=O)c1ccccn1. The number of carbonyl (C=O) groups excluding carboxylic acids is 3. The Morgan fingerprint density at radius 2 is 1.76 bits per heavy atom. The van der Waals surface area contributed by atoms with E-state index in [1.165, 1.54) is 0 Å². The van der Waals surface area contributed by atoms with Crippen molar-refractivity contribution in [1.29, 1.82) is 0 Å². The molecule has 184 valence electrons. The first kappa shape index (κ1) is 24.5. The molecule has 4 aromatic rings. The Labute approximate surface area is 220 Å². The quantitative estimate of drug-likeness (QED) is 0.340. The fourth-order valence-corrected chi connectivity index (χ4v) is 4.92. The summed E-state index contributed by atoms with van der Waals surface area (Å²) in [5, 5.41) is 0.484. The van der Waals surface area contributed by atoms with Crippen LogP contribution < -0.4 is 0 Å². The number of hydrogen-bond donors (Lipinski definition) is 0. The van der Waals surface area contributed by atoms with E-state index in [-0.39, 0.29) is 30.4 Å². The van der Waals surface area contributed by atoms with Crippen LogP contribution in [0.1, 0.15) is 48.8 Å². The van der Waals surface area contributed by atoms with Crippen LogP contribution in [0.4, 0.5) is 0 Å². The van der Waals surface area contributed by atoms with Gasteiger partial charge in [0.1, 0.15) is 5.69 Å². The molecule has 6 nitrogen and oxygen atoms in total. The third-order valence-electron chi connectivity index (χ3n) is 6.59. The molecule has 2 aromatic heterocycles. The lowest BCUT2D eigenvalue weighted by atomic mass is 9.98. The molecule has 0 radical (unpaired) electrons. The first-order valence-electron chi connectivity index (χ1n) is 12.0. The predicted molar refractivity (Wildman–Crippen MR) is 141 cm³/mol. The lowest BCUT2D eigenvalue weighted by Gasteiger charge is -2.29. The summed E-state index contributed by atoms with van der Waals surface area (Å²) in [7, 11) is 0. The Morgan fingerprint density at radius 3 is 2.46 bits per heavy atom. The van der Waals surface area contributed by atoms with Crippen molar-refractivity contribution >= 4 is 29.1 Å². The molecule has 0 bridgehead atoms. The van der Waals surface area contributed by atoms with E-state index in [1.807, 2.05) is 37.3 Å². The highest BCUT2D eigenvalue weighted by molar-refractivity contribution is 6.30. The minimum atomic E-state index is -0.691. The molecule has 0 aliphatic carbocycles. The molecular weight excluding hydrogens is 486 g/mol. The maximum Gasteiger partial charge on any atom is 0.255 e.